The van der Waals surface area contributed by atoms with Crippen molar-refractivity contribution in [2.45, 2.75) is 12.3 Å². The number of aliphatic hydroxyl groups excluding tert-OH is 1. The van der Waals surface area contributed by atoms with E-state index in [0.29, 0.717) is 6.07 Å². The minimum absolute atomic E-state index is 0.0189. The lowest BCUT2D eigenvalue weighted by Crippen LogP contribution is -2.21. The van der Waals surface area contributed by atoms with Crippen molar-refractivity contribution in [3.05, 3.63) is 23.3 Å². The minimum atomic E-state index is -4.80. The Morgan fingerprint density at radius 3 is 2.21 bits per heavy atom. The van der Waals surface area contributed by atoms with Crippen molar-refractivity contribution in [3.8, 4) is 11.5 Å². The van der Waals surface area contributed by atoms with Gasteiger partial charge in [-0.2, -0.15) is 13.2 Å². The minimum Gasteiger partial charge on any atom is -0.486 e. The lowest BCUT2D eigenvalue weighted by molar-refractivity contribution is -0.149. The van der Waals surface area contributed by atoms with Gasteiger partial charge in [-0.05, 0) is 12.1 Å². The zero-order valence-electron chi connectivity index (χ0n) is 9.40. The maximum atomic E-state index is 12.8. The molecule has 2 N–H and O–H groups in total. The summed E-state index contributed by atoms with van der Waals surface area (Å²) in [6, 6.07) is 1.48. The maximum absolute atomic E-state index is 12.8. The van der Waals surface area contributed by atoms with Gasteiger partial charge >= 0.3 is 12.1 Å². The Bertz CT molecular complexity index is 512. The Kier molecular flexibility index (Phi) is 3.27. The van der Waals surface area contributed by atoms with Crippen LogP contribution in [-0.2, 0) is 11.0 Å². The third-order valence-electron chi connectivity index (χ3n) is 2.55. The summed E-state index contributed by atoms with van der Waals surface area (Å²) in [5.41, 5.74) is -2.03. The van der Waals surface area contributed by atoms with Gasteiger partial charge in [0.05, 0.1) is 5.56 Å². The van der Waals surface area contributed by atoms with Crippen LogP contribution in [0, 0.1) is 0 Å². The molecule has 1 aliphatic heterocycles. The number of fused-ring (bicyclic) bond motifs is 1. The Morgan fingerprint density at radius 1 is 1.21 bits per heavy atom. The maximum Gasteiger partial charge on any atom is 0.416 e. The molecule has 2 rings (SSSR count). The third kappa shape index (κ3) is 2.58. The summed E-state index contributed by atoms with van der Waals surface area (Å²) in [7, 11) is 0. The number of aliphatic hydroxyl groups is 1. The number of ether oxygens (including phenoxy) is 2. The molecule has 1 unspecified atom stereocenters. The van der Waals surface area contributed by atoms with Crippen LogP contribution >= 0.6 is 0 Å². The van der Waals surface area contributed by atoms with Crippen LogP contribution in [0.25, 0.3) is 0 Å². The fourth-order valence-electron chi connectivity index (χ4n) is 1.71. The molecule has 0 saturated heterocycles. The molecule has 1 aromatic rings. The Labute approximate surface area is 105 Å². The van der Waals surface area contributed by atoms with Crippen LogP contribution in [-0.4, -0.2) is 29.4 Å². The highest BCUT2D eigenvalue weighted by Crippen LogP contribution is 2.42. The first-order chi connectivity index (χ1) is 8.80. The van der Waals surface area contributed by atoms with E-state index in [1.807, 2.05) is 0 Å². The highest BCUT2D eigenvalue weighted by atomic mass is 19.4. The number of hydrogen-bond acceptors (Lipinski definition) is 4. The Hall–Kier alpha value is -1.96. The van der Waals surface area contributed by atoms with Gasteiger partial charge in [-0.15, -0.1) is 0 Å². The quantitative estimate of drug-likeness (QED) is 0.859. The van der Waals surface area contributed by atoms with Gasteiger partial charge in [-0.3, -0.25) is 0 Å². The number of benzene rings is 1. The molecule has 0 aliphatic carbocycles. The van der Waals surface area contributed by atoms with Gasteiger partial charge in [0.1, 0.15) is 13.2 Å². The monoisotopic (exact) mass is 278 g/mol. The molecule has 0 spiro atoms. The molecule has 1 atom stereocenters. The average Bonchev–Trinajstić information content (AvgIpc) is 2.35. The summed E-state index contributed by atoms with van der Waals surface area (Å²) in [5.74, 6) is -1.92. The number of carboxylic acids is 1. The normalized spacial score (nSPS) is 16.0. The van der Waals surface area contributed by atoms with Gasteiger partial charge in [0, 0.05) is 5.56 Å². The second-order valence-electron chi connectivity index (χ2n) is 3.82. The highest BCUT2D eigenvalue weighted by molar-refractivity contribution is 5.75. The van der Waals surface area contributed by atoms with Crippen molar-refractivity contribution in [1.29, 1.82) is 0 Å². The number of halogens is 3. The first kappa shape index (κ1) is 13.5. The molecule has 1 aromatic carbocycles. The van der Waals surface area contributed by atoms with E-state index in [-0.39, 0.29) is 24.7 Å². The highest BCUT2D eigenvalue weighted by Gasteiger charge is 2.38. The molecule has 0 radical (unpaired) electrons. The van der Waals surface area contributed by atoms with Crippen LogP contribution in [0.5, 0.6) is 11.5 Å². The molecule has 104 valence electrons. The van der Waals surface area contributed by atoms with Gasteiger partial charge in [-0.25, -0.2) is 4.79 Å². The summed E-state index contributed by atoms with van der Waals surface area (Å²) in [6.45, 7) is 0.242. The van der Waals surface area contributed by atoms with E-state index in [9.17, 15) is 23.1 Å². The standard InChI is InChI=1S/C11H9F3O5/c12-11(13,14)6-4-8-7(18-1-2-19-8)3-5(6)9(15)10(16)17/h3-4,9,15H,1-2H2,(H,16,17). The lowest BCUT2D eigenvalue weighted by atomic mass is 10.0. The van der Waals surface area contributed by atoms with Crippen LogP contribution in [0.2, 0.25) is 0 Å². The van der Waals surface area contributed by atoms with E-state index in [1.54, 1.807) is 0 Å². The molecule has 5 nitrogen and oxygen atoms in total. The second-order valence-corrected chi connectivity index (χ2v) is 3.82. The van der Waals surface area contributed by atoms with Crippen molar-refractivity contribution in [2.24, 2.45) is 0 Å². The predicted octanol–water partition coefficient (Wildman–Crippen LogP) is 1.59. The van der Waals surface area contributed by atoms with E-state index in [0.717, 1.165) is 6.07 Å². The molecule has 1 aliphatic rings. The second kappa shape index (κ2) is 4.61. The SMILES string of the molecule is O=C(O)C(O)c1cc2c(cc1C(F)(F)F)OCCO2. The van der Waals surface area contributed by atoms with Gasteiger partial charge in [0.2, 0.25) is 0 Å². The molecule has 0 bridgehead atoms. The Morgan fingerprint density at radius 2 is 1.74 bits per heavy atom. The molecular weight excluding hydrogens is 269 g/mol. The molecule has 0 aromatic heterocycles. The van der Waals surface area contributed by atoms with Crippen LogP contribution in [0.1, 0.15) is 17.2 Å². The van der Waals surface area contributed by atoms with Gasteiger partial charge in [-0.1, -0.05) is 0 Å². The van der Waals surface area contributed by atoms with E-state index < -0.39 is 29.4 Å². The van der Waals surface area contributed by atoms with Gasteiger partial charge < -0.3 is 19.7 Å². The molecular formula is C11H9F3O5. The lowest BCUT2D eigenvalue weighted by Gasteiger charge is -2.22. The Balaban J connectivity index is 2.59. The average molecular weight is 278 g/mol. The fraction of sp³-hybridized carbons (Fsp3) is 0.364. The van der Waals surface area contributed by atoms with Crippen LogP contribution in [0.4, 0.5) is 13.2 Å². The number of carboxylic acid groups (broad SMARTS) is 1. The van der Waals surface area contributed by atoms with Crippen molar-refractivity contribution in [2.75, 3.05) is 13.2 Å². The van der Waals surface area contributed by atoms with E-state index >= 15 is 0 Å². The summed E-state index contributed by atoms with van der Waals surface area (Å²) in [5, 5.41) is 18.0. The zero-order valence-corrected chi connectivity index (χ0v) is 9.40. The van der Waals surface area contributed by atoms with Crippen molar-refractivity contribution < 1.29 is 37.7 Å². The van der Waals surface area contributed by atoms with E-state index in [1.165, 1.54) is 0 Å². The smallest absolute Gasteiger partial charge is 0.416 e. The van der Waals surface area contributed by atoms with Crippen molar-refractivity contribution in [1.82, 2.24) is 0 Å². The number of aliphatic carboxylic acids is 1. The van der Waals surface area contributed by atoms with Crippen LogP contribution in [0.3, 0.4) is 0 Å². The number of rotatable bonds is 2. The molecule has 1 heterocycles. The molecule has 8 heteroatoms. The van der Waals surface area contributed by atoms with Crippen molar-refractivity contribution in [3.63, 3.8) is 0 Å². The first-order valence-electron chi connectivity index (χ1n) is 5.22. The largest absolute Gasteiger partial charge is 0.486 e. The number of hydrogen-bond donors (Lipinski definition) is 2. The zero-order chi connectivity index (χ0) is 14.2. The summed E-state index contributed by atoms with van der Waals surface area (Å²) >= 11 is 0. The van der Waals surface area contributed by atoms with Crippen LogP contribution < -0.4 is 9.47 Å². The molecule has 0 fully saturated rings. The first-order valence-corrected chi connectivity index (χ1v) is 5.22. The molecule has 0 amide bonds. The van der Waals surface area contributed by atoms with Crippen LogP contribution in [0.15, 0.2) is 12.1 Å². The summed E-state index contributed by atoms with van der Waals surface area (Å²) in [4.78, 5) is 10.7. The van der Waals surface area contributed by atoms with Crippen molar-refractivity contribution >= 4 is 5.97 Å². The summed E-state index contributed by atoms with van der Waals surface area (Å²) < 4.78 is 48.6. The summed E-state index contributed by atoms with van der Waals surface area (Å²) in [6.07, 6.45) is -7.09. The van der Waals surface area contributed by atoms with Gasteiger partial charge in [0.15, 0.2) is 17.6 Å². The fourth-order valence-corrected chi connectivity index (χ4v) is 1.71. The predicted molar refractivity (Wildman–Crippen MR) is 55.0 cm³/mol. The van der Waals surface area contributed by atoms with E-state index in [2.05, 4.69) is 0 Å². The number of alkyl halides is 3. The van der Waals surface area contributed by atoms with Gasteiger partial charge in [0.25, 0.3) is 0 Å². The topological polar surface area (TPSA) is 76.0 Å². The number of carbonyl (C=O) groups is 1. The molecule has 0 saturated carbocycles. The third-order valence-corrected chi connectivity index (χ3v) is 2.55. The van der Waals surface area contributed by atoms with E-state index in [4.69, 9.17) is 14.6 Å². The molecule has 19 heavy (non-hydrogen) atoms.